The minimum absolute atomic E-state index is 0.358. The van der Waals surface area contributed by atoms with E-state index in [-0.39, 0.29) is 5.97 Å². The van der Waals surface area contributed by atoms with E-state index in [2.05, 4.69) is 4.74 Å². The average molecular weight is 253 g/mol. The molecule has 0 fully saturated rings. The molecule has 0 aliphatic carbocycles. The van der Waals surface area contributed by atoms with E-state index in [9.17, 15) is 14.4 Å². The zero-order valence-corrected chi connectivity index (χ0v) is 10.4. The maximum atomic E-state index is 10.5. The number of anilines is 1. The second kappa shape index (κ2) is 7.83. The molecule has 0 unspecified atom stereocenters. The summed E-state index contributed by atoms with van der Waals surface area (Å²) in [4.78, 5) is 30.1. The van der Waals surface area contributed by atoms with Gasteiger partial charge in [-0.3, -0.25) is 14.4 Å². The third-order valence-corrected chi connectivity index (χ3v) is 1.46. The van der Waals surface area contributed by atoms with Gasteiger partial charge in [-0.2, -0.15) is 0 Å². The topological polar surface area (TPSA) is 95.7 Å². The molecule has 0 aromatic heterocycles. The first-order valence-corrected chi connectivity index (χ1v) is 5.04. The highest BCUT2D eigenvalue weighted by Crippen LogP contribution is 2.19. The van der Waals surface area contributed by atoms with Gasteiger partial charge >= 0.3 is 17.9 Å². The number of esters is 3. The zero-order valence-electron chi connectivity index (χ0n) is 10.4. The van der Waals surface area contributed by atoms with E-state index in [0.29, 0.717) is 11.4 Å². The molecule has 6 nitrogen and oxygen atoms in total. The molecule has 1 aromatic carbocycles. The van der Waals surface area contributed by atoms with Crippen LogP contribution >= 0.6 is 0 Å². The maximum absolute atomic E-state index is 10.5. The van der Waals surface area contributed by atoms with Crippen molar-refractivity contribution in [3.8, 4) is 5.75 Å². The maximum Gasteiger partial charge on any atom is 0.310 e. The molecule has 6 heteroatoms. The number of ether oxygens (including phenoxy) is 2. The summed E-state index contributed by atoms with van der Waals surface area (Å²) in [6.45, 7) is 3.70. The Bertz CT molecular complexity index is 430. The van der Waals surface area contributed by atoms with Gasteiger partial charge in [0.2, 0.25) is 0 Å². The number of rotatable bonds is 1. The Hall–Kier alpha value is -2.37. The fourth-order valence-electron chi connectivity index (χ4n) is 0.931. The van der Waals surface area contributed by atoms with Gasteiger partial charge in [0.25, 0.3) is 0 Å². The third-order valence-electron chi connectivity index (χ3n) is 1.46. The molecule has 0 amide bonds. The smallest absolute Gasteiger partial charge is 0.310 e. The Morgan fingerprint density at radius 2 is 1.44 bits per heavy atom. The number of hydrogen-bond acceptors (Lipinski definition) is 6. The van der Waals surface area contributed by atoms with Crippen molar-refractivity contribution >= 4 is 23.6 Å². The molecular formula is C12H15NO5. The fourth-order valence-corrected chi connectivity index (χ4v) is 0.931. The number of carbonyl (C=O) groups is 3. The summed E-state index contributed by atoms with van der Waals surface area (Å²) in [6, 6.07) is 6.87. The van der Waals surface area contributed by atoms with Crippen LogP contribution in [0.15, 0.2) is 24.3 Å². The lowest BCUT2D eigenvalue weighted by Crippen LogP contribution is -2.03. The summed E-state index contributed by atoms with van der Waals surface area (Å²) in [5, 5.41) is 0. The first-order valence-electron chi connectivity index (χ1n) is 5.04. The van der Waals surface area contributed by atoms with Crippen LogP contribution in [0.1, 0.15) is 20.8 Å². The summed E-state index contributed by atoms with van der Waals surface area (Å²) in [6.07, 6.45) is 0. The van der Waals surface area contributed by atoms with Crippen molar-refractivity contribution < 1.29 is 23.9 Å². The largest absolute Gasteiger partial charge is 0.425 e. The number of carbonyl (C=O) groups excluding carboxylic acids is 3. The highest BCUT2D eigenvalue weighted by molar-refractivity contribution is 5.82. The first-order chi connectivity index (χ1) is 8.32. The molecule has 98 valence electrons. The van der Waals surface area contributed by atoms with Crippen molar-refractivity contribution in [2.24, 2.45) is 0 Å². The van der Waals surface area contributed by atoms with Crippen LogP contribution in [0.2, 0.25) is 0 Å². The van der Waals surface area contributed by atoms with Crippen molar-refractivity contribution in [2.45, 2.75) is 20.8 Å². The highest BCUT2D eigenvalue weighted by atomic mass is 16.6. The van der Waals surface area contributed by atoms with Crippen LogP contribution in [-0.2, 0) is 19.1 Å². The summed E-state index contributed by atoms with van der Waals surface area (Å²) >= 11 is 0. The lowest BCUT2D eigenvalue weighted by atomic mass is 10.3. The number of hydrogen-bond donors (Lipinski definition) is 1. The molecule has 0 heterocycles. The molecule has 0 saturated carbocycles. The molecule has 1 aromatic rings. The molecule has 0 aliphatic rings. The van der Waals surface area contributed by atoms with Crippen molar-refractivity contribution in [1.29, 1.82) is 0 Å². The minimum Gasteiger partial charge on any atom is -0.425 e. The molecule has 1 rings (SSSR count). The van der Waals surface area contributed by atoms with Gasteiger partial charge in [0.1, 0.15) is 0 Å². The zero-order chi connectivity index (χ0) is 14.1. The third kappa shape index (κ3) is 7.86. The lowest BCUT2D eigenvalue weighted by molar-refractivity contribution is -0.156. The van der Waals surface area contributed by atoms with Crippen LogP contribution in [0.4, 0.5) is 5.69 Å². The van der Waals surface area contributed by atoms with E-state index in [1.165, 1.54) is 20.8 Å². The highest BCUT2D eigenvalue weighted by Gasteiger charge is 1.99. The van der Waals surface area contributed by atoms with E-state index in [1.807, 2.05) is 0 Å². The van der Waals surface area contributed by atoms with E-state index in [1.54, 1.807) is 24.3 Å². The molecule has 2 N–H and O–H groups in total. The Kier molecular flexibility index (Phi) is 6.80. The van der Waals surface area contributed by atoms with Gasteiger partial charge in [0, 0.05) is 20.8 Å². The molecule has 0 aliphatic heterocycles. The van der Waals surface area contributed by atoms with Gasteiger partial charge in [-0.1, -0.05) is 12.1 Å². The van der Waals surface area contributed by atoms with E-state index in [0.717, 1.165) is 0 Å². The van der Waals surface area contributed by atoms with E-state index in [4.69, 9.17) is 10.5 Å². The summed E-state index contributed by atoms with van der Waals surface area (Å²) in [7, 11) is 0. The van der Waals surface area contributed by atoms with Gasteiger partial charge in [0.05, 0.1) is 5.69 Å². The van der Waals surface area contributed by atoms with E-state index < -0.39 is 11.9 Å². The number of para-hydroxylation sites is 2. The molecule has 0 radical (unpaired) electrons. The average Bonchev–Trinajstić information content (AvgIpc) is 2.19. The molecule has 18 heavy (non-hydrogen) atoms. The molecular weight excluding hydrogens is 238 g/mol. The van der Waals surface area contributed by atoms with Crippen LogP contribution in [-0.4, -0.2) is 17.9 Å². The quantitative estimate of drug-likeness (QED) is 0.350. The molecule has 0 atom stereocenters. The Labute approximate surface area is 105 Å². The van der Waals surface area contributed by atoms with Gasteiger partial charge in [-0.15, -0.1) is 0 Å². The number of benzene rings is 1. The summed E-state index contributed by atoms with van der Waals surface area (Å²) in [5.41, 5.74) is 5.97. The Morgan fingerprint density at radius 3 is 1.78 bits per heavy atom. The van der Waals surface area contributed by atoms with Crippen LogP contribution < -0.4 is 10.5 Å². The van der Waals surface area contributed by atoms with Gasteiger partial charge < -0.3 is 15.2 Å². The normalized spacial score (nSPS) is 8.61. The predicted octanol–water partition coefficient (Wildman–Crippen LogP) is 1.29. The number of nitrogens with two attached hydrogens (primary N) is 1. The van der Waals surface area contributed by atoms with Crippen molar-refractivity contribution in [3.05, 3.63) is 24.3 Å². The SMILES string of the molecule is CC(=O)OC(C)=O.CC(=O)Oc1ccccc1N. The second-order valence-corrected chi connectivity index (χ2v) is 3.22. The van der Waals surface area contributed by atoms with Gasteiger partial charge in [-0.05, 0) is 12.1 Å². The van der Waals surface area contributed by atoms with Crippen molar-refractivity contribution in [2.75, 3.05) is 5.73 Å². The van der Waals surface area contributed by atoms with Crippen LogP contribution in [0.5, 0.6) is 5.75 Å². The van der Waals surface area contributed by atoms with Crippen molar-refractivity contribution in [3.63, 3.8) is 0 Å². The van der Waals surface area contributed by atoms with Crippen molar-refractivity contribution in [1.82, 2.24) is 0 Å². The first kappa shape index (κ1) is 15.6. The summed E-state index contributed by atoms with van der Waals surface area (Å²) < 4.78 is 8.75. The van der Waals surface area contributed by atoms with Crippen LogP contribution in [0.3, 0.4) is 0 Å². The fraction of sp³-hybridized carbons (Fsp3) is 0.250. The van der Waals surface area contributed by atoms with E-state index >= 15 is 0 Å². The monoisotopic (exact) mass is 253 g/mol. The second-order valence-electron chi connectivity index (χ2n) is 3.22. The Morgan fingerprint density at radius 1 is 0.944 bits per heavy atom. The standard InChI is InChI=1S/C8H9NO2.C4H6O3/c1-6(10)11-8-5-3-2-4-7(8)9;1-3(5)7-4(2)6/h2-5H,9H2,1H3;1-2H3. The Balaban J connectivity index is 0.000000360. The van der Waals surface area contributed by atoms with Gasteiger partial charge in [-0.25, -0.2) is 0 Å². The molecule has 0 bridgehead atoms. The lowest BCUT2D eigenvalue weighted by Gasteiger charge is -2.02. The van der Waals surface area contributed by atoms with Crippen LogP contribution in [0, 0.1) is 0 Å². The molecule has 0 saturated heterocycles. The summed E-state index contributed by atoms with van der Waals surface area (Å²) in [5.74, 6) is -1.07. The number of nitrogen functional groups attached to an aromatic ring is 1. The minimum atomic E-state index is -0.562. The molecule has 0 spiro atoms. The van der Waals surface area contributed by atoms with Crippen LogP contribution in [0.25, 0.3) is 0 Å². The van der Waals surface area contributed by atoms with Gasteiger partial charge in [0.15, 0.2) is 5.75 Å². The predicted molar refractivity (Wildman–Crippen MR) is 64.6 cm³/mol.